The molecule has 8 heterocycles. The number of hydrogen-bond donors (Lipinski definition) is 0. The lowest BCUT2D eigenvalue weighted by atomic mass is 10.2. The molecule has 2 aliphatic rings. The Morgan fingerprint density at radius 1 is 0.534 bits per heavy atom. The maximum atomic E-state index is 5.06. The fourth-order valence-electron chi connectivity index (χ4n) is 4.10. The number of hydrazone groups is 2. The third-order valence-electron chi connectivity index (χ3n) is 6.34. The molecule has 6 aromatic rings. The largest absolute Gasteiger partial charge is 0.478 e. The molecule has 0 unspecified atom stereocenters. The van der Waals surface area contributed by atoms with Gasteiger partial charge in [0.05, 0.1) is 6.54 Å². The van der Waals surface area contributed by atoms with Crippen molar-refractivity contribution in [3.63, 3.8) is 0 Å². The Balaban J connectivity index is 0.000000332. The number of hydrogen-bond acceptors (Lipinski definition) is 21. The van der Waals surface area contributed by atoms with Gasteiger partial charge in [0, 0.05) is 61.2 Å². The van der Waals surface area contributed by atoms with Gasteiger partial charge in [-0.3, -0.25) is 14.4 Å². The second-order valence-electron chi connectivity index (χ2n) is 12.5. The third-order valence-corrected chi connectivity index (χ3v) is 7.77. The molecule has 0 bridgehead atoms. The molecule has 6 aromatic heterocycles. The van der Waals surface area contributed by atoms with Gasteiger partial charge in [-0.05, 0) is 98.2 Å². The Hall–Kier alpha value is -5.58. The molecule has 0 saturated carbocycles. The minimum Gasteiger partial charge on any atom is -0.478 e. The van der Waals surface area contributed by atoms with Gasteiger partial charge in [-0.25, -0.2) is 19.9 Å². The number of ether oxygens (including phenoxy) is 1. The van der Waals surface area contributed by atoms with E-state index >= 15 is 0 Å². The van der Waals surface area contributed by atoms with Crippen LogP contribution >= 0.6 is 23.1 Å². The van der Waals surface area contributed by atoms with E-state index in [1.807, 2.05) is 86.7 Å². The van der Waals surface area contributed by atoms with Gasteiger partial charge in [0.2, 0.25) is 17.7 Å². The third kappa shape index (κ3) is 26.3. The molecule has 21 nitrogen and oxygen atoms in total. The summed E-state index contributed by atoms with van der Waals surface area (Å²) in [4.78, 5) is 23.4. The minimum atomic E-state index is 0.623. The van der Waals surface area contributed by atoms with Gasteiger partial charge in [0.15, 0.2) is 11.6 Å². The molecule has 8 rings (SSSR count). The van der Waals surface area contributed by atoms with E-state index < -0.39 is 0 Å². The van der Waals surface area contributed by atoms with Gasteiger partial charge >= 0.3 is 0 Å². The standard InChI is InChI=1S/C6H12N2.C5H10N2O.2C4H7N3.2C4H6N2O.2C4H6N2S/c1-6-4-3-5-8(2)7-6;1-5-6-7(2)3-4-8-5;2*1-4-5-3-7(2)6-4;4*1-3-5-4(2)7-6-3/h3-5H2,1-2H3;3-4H2,1-2H3;2*3H,1-2H3;4*1-2H3. The predicted octanol–water partition coefficient (Wildman–Crippen LogP) is 5.30. The Bertz CT molecular complexity index is 1600. The average molecular weight is 845 g/mol. The Morgan fingerprint density at radius 2 is 0.983 bits per heavy atom. The number of likely N-dealkylation sites (N-methyl/N-ethyl adjacent to an activating group) is 1. The highest BCUT2D eigenvalue weighted by atomic mass is 32.1. The fraction of sp³-hybridized carbons (Fsp3) is 0.600. The fourth-order valence-corrected chi connectivity index (χ4v) is 5.05. The van der Waals surface area contributed by atoms with E-state index in [1.54, 1.807) is 49.7 Å². The zero-order valence-corrected chi connectivity index (χ0v) is 38.4. The van der Waals surface area contributed by atoms with Gasteiger partial charge in [-0.1, -0.05) is 10.3 Å². The van der Waals surface area contributed by atoms with E-state index in [2.05, 4.69) is 85.3 Å². The summed E-state index contributed by atoms with van der Waals surface area (Å²) in [7, 11) is 7.65. The van der Waals surface area contributed by atoms with E-state index in [0.29, 0.717) is 23.4 Å². The van der Waals surface area contributed by atoms with Crippen molar-refractivity contribution in [3.8, 4) is 0 Å². The summed E-state index contributed by atoms with van der Waals surface area (Å²) in [6.07, 6.45) is 5.81. The molecule has 0 spiro atoms. The van der Waals surface area contributed by atoms with Crippen molar-refractivity contribution in [2.75, 3.05) is 33.8 Å². The van der Waals surface area contributed by atoms with Crippen LogP contribution in [-0.2, 0) is 18.8 Å². The van der Waals surface area contributed by atoms with Crippen molar-refractivity contribution < 1.29 is 13.8 Å². The van der Waals surface area contributed by atoms with Crippen molar-refractivity contribution in [2.45, 2.75) is 95.9 Å². The molecule has 23 heteroatoms. The molecule has 0 N–H and O–H groups in total. The van der Waals surface area contributed by atoms with E-state index in [9.17, 15) is 0 Å². The van der Waals surface area contributed by atoms with Crippen LogP contribution in [0.3, 0.4) is 0 Å². The number of nitrogens with zero attached hydrogens (tertiary/aromatic N) is 18. The molecule has 0 radical (unpaired) electrons. The highest BCUT2D eigenvalue weighted by Gasteiger charge is 2.03. The summed E-state index contributed by atoms with van der Waals surface area (Å²) >= 11 is 2.89. The monoisotopic (exact) mass is 844 g/mol. The summed E-state index contributed by atoms with van der Waals surface area (Å²) < 4.78 is 25.5. The molecular formula is C35H60N18O3S2. The SMILES string of the molecule is CC1=NN(C)CCC1.CC1=NN(C)CCO1.Cc1ncn(C)n1.Cc1ncn(C)n1.Cc1noc(C)n1.Cc1noc(C)n1.Cc1nsc(C)n1.Cc1nsc(C)n1. The highest BCUT2D eigenvalue weighted by Crippen LogP contribution is 2.03. The number of aromatic nitrogens is 14. The van der Waals surface area contributed by atoms with Crippen LogP contribution < -0.4 is 0 Å². The molecule has 2 aliphatic heterocycles. The summed E-state index contributed by atoms with van der Waals surface area (Å²) in [5.74, 6) is 6.79. The van der Waals surface area contributed by atoms with Crippen LogP contribution in [0.1, 0.15) is 83.4 Å². The quantitative estimate of drug-likeness (QED) is 0.189. The molecule has 58 heavy (non-hydrogen) atoms. The first-order valence-electron chi connectivity index (χ1n) is 18.2. The van der Waals surface area contributed by atoms with Crippen LogP contribution in [0.15, 0.2) is 31.9 Å². The lowest BCUT2D eigenvalue weighted by Gasteiger charge is -2.19. The molecule has 0 atom stereocenters. The average Bonchev–Trinajstić information content (AvgIpc) is 4.02. The van der Waals surface area contributed by atoms with Gasteiger partial charge in [-0.2, -0.15) is 34.0 Å². The summed E-state index contributed by atoms with van der Waals surface area (Å²) in [5.41, 5.74) is 1.26. The van der Waals surface area contributed by atoms with Crippen LogP contribution in [0.4, 0.5) is 0 Å². The van der Waals surface area contributed by atoms with Gasteiger partial charge in [0.1, 0.15) is 52.6 Å². The zero-order valence-electron chi connectivity index (χ0n) is 36.8. The van der Waals surface area contributed by atoms with Crippen LogP contribution in [0.5, 0.6) is 0 Å². The molecule has 0 aliphatic carbocycles. The van der Waals surface area contributed by atoms with Crippen LogP contribution in [-0.4, -0.2) is 124 Å². The molecule has 0 aromatic carbocycles. The highest BCUT2D eigenvalue weighted by molar-refractivity contribution is 7.05. The van der Waals surface area contributed by atoms with Gasteiger partial charge in [-0.15, -0.1) is 5.10 Å². The first-order valence-corrected chi connectivity index (χ1v) is 19.7. The first-order chi connectivity index (χ1) is 27.3. The van der Waals surface area contributed by atoms with E-state index in [1.165, 1.54) is 41.6 Å². The normalized spacial score (nSPS) is 12.4. The zero-order chi connectivity index (χ0) is 43.6. The molecular weight excluding hydrogens is 785 g/mol. The lowest BCUT2D eigenvalue weighted by molar-refractivity contribution is 0.189. The Morgan fingerprint density at radius 3 is 1.14 bits per heavy atom. The van der Waals surface area contributed by atoms with Crippen molar-refractivity contribution in [3.05, 3.63) is 69.4 Å². The van der Waals surface area contributed by atoms with Crippen molar-refractivity contribution in [1.82, 2.24) is 78.5 Å². The second-order valence-corrected chi connectivity index (χ2v) is 14.5. The van der Waals surface area contributed by atoms with Gasteiger partial charge < -0.3 is 18.8 Å². The summed E-state index contributed by atoms with van der Waals surface area (Å²) in [6, 6.07) is 0. The predicted molar refractivity (Wildman–Crippen MR) is 224 cm³/mol. The van der Waals surface area contributed by atoms with E-state index in [0.717, 1.165) is 58.9 Å². The molecule has 320 valence electrons. The van der Waals surface area contributed by atoms with Crippen molar-refractivity contribution in [2.24, 2.45) is 24.3 Å². The smallest absolute Gasteiger partial charge is 0.223 e. The van der Waals surface area contributed by atoms with Crippen LogP contribution in [0.2, 0.25) is 0 Å². The van der Waals surface area contributed by atoms with E-state index in [-0.39, 0.29) is 0 Å². The molecule has 0 fully saturated rings. The lowest BCUT2D eigenvalue weighted by Crippen LogP contribution is -2.25. The number of rotatable bonds is 0. The maximum absolute atomic E-state index is 5.06. The molecule has 0 amide bonds. The Kier molecular flexibility index (Phi) is 24.3. The number of aryl methyl sites for hydroxylation is 12. The second kappa shape index (κ2) is 27.9. The van der Waals surface area contributed by atoms with Crippen LogP contribution in [0, 0.1) is 69.2 Å². The van der Waals surface area contributed by atoms with Gasteiger partial charge in [0.25, 0.3) is 0 Å². The summed E-state index contributed by atoms with van der Waals surface area (Å²) in [5, 5.41) is 29.1. The van der Waals surface area contributed by atoms with Crippen LogP contribution in [0.25, 0.3) is 0 Å². The molecule has 0 saturated heterocycles. The maximum Gasteiger partial charge on any atom is 0.223 e. The minimum absolute atomic E-state index is 0.623. The Labute approximate surface area is 349 Å². The van der Waals surface area contributed by atoms with Crippen molar-refractivity contribution >= 4 is 34.7 Å². The first kappa shape index (κ1) is 50.4. The summed E-state index contributed by atoms with van der Waals surface area (Å²) in [6.45, 7) is 25.2. The van der Waals surface area contributed by atoms with Crippen molar-refractivity contribution in [1.29, 1.82) is 0 Å². The topological polar surface area (TPSA) is 231 Å². The van der Waals surface area contributed by atoms with E-state index in [4.69, 9.17) is 4.74 Å².